The summed E-state index contributed by atoms with van der Waals surface area (Å²) in [7, 11) is 1.53. The molecule has 1 aromatic heterocycles. The van der Waals surface area contributed by atoms with Gasteiger partial charge >= 0.3 is 0 Å². The topological polar surface area (TPSA) is 86.5 Å². The molecule has 1 amide bonds. The van der Waals surface area contributed by atoms with Crippen LogP contribution in [0.4, 0.5) is 5.69 Å². The number of methoxy groups -OCH3 is 1. The number of para-hydroxylation sites is 1. The van der Waals surface area contributed by atoms with E-state index in [1.807, 2.05) is 55.5 Å². The molecule has 0 unspecified atom stereocenters. The normalized spacial score (nSPS) is 11.6. The van der Waals surface area contributed by atoms with Gasteiger partial charge in [-0.05, 0) is 48.9 Å². The van der Waals surface area contributed by atoms with Crippen molar-refractivity contribution >= 4 is 23.2 Å². The van der Waals surface area contributed by atoms with Crippen LogP contribution in [0.5, 0.6) is 11.5 Å². The van der Waals surface area contributed by atoms with Gasteiger partial charge in [0.2, 0.25) is 5.89 Å². The van der Waals surface area contributed by atoms with Gasteiger partial charge in [-0.1, -0.05) is 48.9 Å². The van der Waals surface area contributed by atoms with E-state index in [-0.39, 0.29) is 5.91 Å². The number of aromatic nitrogens is 2. The first-order valence-electron chi connectivity index (χ1n) is 10.4. The Balaban J connectivity index is 1.53. The van der Waals surface area contributed by atoms with Gasteiger partial charge in [0, 0.05) is 11.3 Å². The zero-order valence-corrected chi connectivity index (χ0v) is 18.9. The van der Waals surface area contributed by atoms with Crippen molar-refractivity contribution in [2.45, 2.75) is 19.4 Å². The lowest BCUT2D eigenvalue weighted by Gasteiger charge is -2.19. The minimum absolute atomic E-state index is 0.302. The Hall–Kier alpha value is -3.84. The van der Waals surface area contributed by atoms with E-state index in [0.717, 1.165) is 5.56 Å². The van der Waals surface area contributed by atoms with Crippen molar-refractivity contribution in [3.63, 3.8) is 0 Å². The van der Waals surface area contributed by atoms with Crippen molar-refractivity contribution < 1.29 is 18.7 Å². The number of carbonyl (C=O) groups is 1. The van der Waals surface area contributed by atoms with E-state index in [9.17, 15) is 4.79 Å². The summed E-state index contributed by atoms with van der Waals surface area (Å²) < 4.78 is 17.1. The van der Waals surface area contributed by atoms with E-state index in [2.05, 4.69) is 15.5 Å². The molecule has 168 valence electrons. The first kappa shape index (κ1) is 22.4. The van der Waals surface area contributed by atoms with Crippen molar-refractivity contribution in [3.8, 4) is 34.4 Å². The molecule has 3 aromatic carbocycles. The van der Waals surface area contributed by atoms with E-state index < -0.39 is 6.10 Å². The molecule has 1 heterocycles. The van der Waals surface area contributed by atoms with Crippen molar-refractivity contribution in [1.82, 2.24) is 10.2 Å². The average molecular weight is 464 g/mol. The van der Waals surface area contributed by atoms with Crippen molar-refractivity contribution in [1.29, 1.82) is 0 Å². The number of carbonyl (C=O) groups excluding carboxylic acids is 1. The number of benzene rings is 3. The highest BCUT2D eigenvalue weighted by Crippen LogP contribution is 2.32. The van der Waals surface area contributed by atoms with Crippen LogP contribution in [-0.4, -0.2) is 29.3 Å². The molecular weight excluding hydrogens is 442 g/mol. The summed E-state index contributed by atoms with van der Waals surface area (Å²) in [6.45, 7) is 1.87. The number of hydrogen-bond acceptors (Lipinski definition) is 6. The predicted molar refractivity (Wildman–Crippen MR) is 127 cm³/mol. The predicted octanol–water partition coefficient (Wildman–Crippen LogP) is 5.86. The van der Waals surface area contributed by atoms with Crippen molar-refractivity contribution in [2.75, 3.05) is 12.4 Å². The summed E-state index contributed by atoms with van der Waals surface area (Å²) in [6.07, 6.45) is -0.299. The monoisotopic (exact) mass is 463 g/mol. The smallest absolute Gasteiger partial charge is 0.265 e. The van der Waals surface area contributed by atoms with Gasteiger partial charge < -0.3 is 19.2 Å². The highest BCUT2D eigenvalue weighted by atomic mass is 35.5. The molecule has 0 aliphatic heterocycles. The third-order valence-corrected chi connectivity index (χ3v) is 5.21. The number of amides is 1. The maximum absolute atomic E-state index is 12.9. The molecule has 0 radical (unpaired) electrons. The van der Waals surface area contributed by atoms with E-state index in [4.69, 9.17) is 25.5 Å². The fourth-order valence-corrected chi connectivity index (χ4v) is 3.48. The number of hydrogen-bond donors (Lipinski definition) is 1. The highest BCUT2D eigenvalue weighted by Gasteiger charge is 2.22. The van der Waals surface area contributed by atoms with E-state index >= 15 is 0 Å². The van der Waals surface area contributed by atoms with Crippen LogP contribution in [0, 0.1) is 0 Å². The van der Waals surface area contributed by atoms with Crippen LogP contribution >= 0.6 is 11.6 Å². The molecule has 33 heavy (non-hydrogen) atoms. The number of halogens is 1. The van der Waals surface area contributed by atoms with E-state index in [1.54, 1.807) is 24.3 Å². The molecule has 0 bridgehead atoms. The summed E-state index contributed by atoms with van der Waals surface area (Å²) in [4.78, 5) is 12.9. The van der Waals surface area contributed by atoms with Crippen LogP contribution in [0.2, 0.25) is 5.02 Å². The Bertz CT molecular complexity index is 1240. The van der Waals surface area contributed by atoms with Gasteiger partial charge in [0.15, 0.2) is 6.10 Å². The van der Waals surface area contributed by atoms with Crippen LogP contribution in [-0.2, 0) is 4.79 Å². The second kappa shape index (κ2) is 10.2. The summed E-state index contributed by atoms with van der Waals surface area (Å²) in [5.74, 6) is 1.41. The lowest BCUT2D eigenvalue weighted by atomic mass is 10.2. The summed E-state index contributed by atoms with van der Waals surface area (Å²) >= 11 is 6.16. The zero-order chi connectivity index (χ0) is 23.2. The molecule has 1 N–H and O–H groups in total. The minimum Gasteiger partial charge on any atom is -0.495 e. The molecule has 0 saturated heterocycles. The Morgan fingerprint density at radius 2 is 1.73 bits per heavy atom. The number of anilines is 1. The standard InChI is InChI=1S/C25H22ClN3O4/c1-3-20(23(30)27-17-13-14-22(31-2)19(26)15-17)32-21-12-8-7-11-18(21)25-29-28-24(33-25)16-9-5-4-6-10-16/h4-15,20H,3H2,1-2H3,(H,27,30)/t20-/m0/s1. The summed E-state index contributed by atoms with van der Waals surface area (Å²) in [5.41, 5.74) is 1.97. The second-order valence-corrected chi connectivity index (χ2v) is 7.54. The van der Waals surface area contributed by atoms with Crippen LogP contribution in [0.3, 0.4) is 0 Å². The second-order valence-electron chi connectivity index (χ2n) is 7.13. The molecule has 0 saturated carbocycles. The third kappa shape index (κ3) is 5.15. The molecule has 7 nitrogen and oxygen atoms in total. The largest absolute Gasteiger partial charge is 0.495 e. The highest BCUT2D eigenvalue weighted by molar-refractivity contribution is 6.32. The van der Waals surface area contributed by atoms with Crippen LogP contribution in [0.25, 0.3) is 22.9 Å². The lowest BCUT2D eigenvalue weighted by Crippen LogP contribution is -2.32. The minimum atomic E-state index is -0.747. The average Bonchev–Trinajstić information content (AvgIpc) is 3.33. The molecule has 4 rings (SSSR count). The Kier molecular flexibility index (Phi) is 6.90. The molecule has 0 aliphatic carbocycles. The van der Waals surface area contributed by atoms with Gasteiger partial charge in [-0.15, -0.1) is 10.2 Å². The first-order valence-corrected chi connectivity index (χ1v) is 10.8. The van der Waals surface area contributed by atoms with Gasteiger partial charge in [0.05, 0.1) is 17.7 Å². The molecule has 0 fully saturated rings. The van der Waals surface area contributed by atoms with Gasteiger partial charge in [-0.2, -0.15) is 0 Å². The zero-order valence-electron chi connectivity index (χ0n) is 18.1. The third-order valence-electron chi connectivity index (χ3n) is 4.91. The van der Waals surface area contributed by atoms with Crippen molar-refractivity contribution in [2.24, 2.45) is 0 Å². The van der Waals surface area contributed by atoms with E-state index in [1.165, 1.54) is 7.11 Å². The summed E-state index contributed by atoms with van der Waals surface area (Å²) in [6, 6.07) is 21.8. The first-order chi connectivity index (χ1) is 16.1. The van der Waals surface area contributed by atoms with Crippen molar-refractivity contribution in [3.05, 3.63) is 77.8 Å². The quantitative estimate of drug-likeness (QED) is 0.352. The van der Waals surface area contributed by atoms with Gasteiger partial charge in [0.25, 0.3) is 11.8 Å². The SMILES string of the molecule is CC[C@H](Oc1ccccc1-c1nnc(-c2ccccc2)o1)C(=O)Nc1ccc(OC)c(Cl)c1. The molecule has 0 spiro atoms. The van der Waals surface area contributed by atoms with Gasteiger partial charge in [-0.3, -0.25) is 4.79 Å². The Morgan fingerprint density at radius 1 is 1.00 bits per heavy atom. The number of nitrogens with zero attached hydrogens (tertiary/aromatic N) is 2. The Morgan fingerprint density at radius 3 is 2.45 bits per heavy atom. The van der Waals surface area contributed by atoms with Gasteiger partial charge in [0.1, 0.15) is 11.5 Å². The van der Waals surface area contributed by atoms with Gasteiger partial charge in [-0.25, -0.2) is 0 Å². The maximum Gasteiger partial charge on any atom is 0.265 e. The molecule has 0 aliphatic rings. The van der Waals surface area contributed by atoms with Crippen LogP contribution in [0.15, 0.2) is 77.2 Å². The lowest BCUT2D eigenvalue weighted by molar-refractivity contribution is -0.122. The van der Waals surface area contributed by atoms with Crippen LogP contribution < -0.4 is 14.8 Å². The molecule has 4 aromatic rings. The fourth-order valence-electron chi connectivity index (χ4n) is 3.22. The maximum atomic E-state index is 12.9. The molecular formula is C25H22ClN3O4. The molecule has 1 atom stereocenters. The van der Waals surface area contributed by atoms with E-state index in [0.29, 0.717) is 46.0 Å². The number of nitrogens with one attached hydrogen (secondary N) is 1. The van der Waals surface area contributed by atoms with Crippen LogP contribution in [0.1, 0.15) is 13.3 Å². The number of ether oxygens (including phenoxy) is 2. The molecule has 8 heteroatoms. The summed E-state index contributed by atoms with van der Waals surface area (Å²) in [5, 5.41) is 11.6. The Labute approximate surface area is 196 Å². The number of rotatable bonds is 8. The fraction of sp³-hybridized carbons (Fsp3) is 0.160.